The fourth-order valence-electron chi connectivity index (χ4n) is 1.49. The Morgan fingerprint density at radius 2 is 2.36 bits per heavy atom. The van der Waals surface area contributed by atoms with Crippen molar-refractivity contribution in [3.05, 3.63) is 0 Å². The van der Waals surface area contributed by atoms with Crippen molar-refractivity contribution in [2.45, 2.75) is 25.8 Å². The molecule has 0 aromatic carbocycles. The van der Waals surface area contributed by atoms with Gasteiger partial charge in [-0.25, -0.2) is 0 Å². The molecule has 1 heterocycles. The third kappa shape index (κ3) is 2.59. The van der Waals surface area contributed by atoms with Crippen LogP contribution in [0.15, 0.2) is 0 Å². The Labute approximate surface area is 84.3 Å². The second kappa shape index (κ2) is 4.92. The van der Waals surface area contributed by atoms with Gasteiger partial charge in [0.25, 0.3) is 0 Å². The van der Waals surface area contributed by atoms with Crippen LogP contribution in [0.5, 0.6) is 0 Å². The lowest BCUT2D eigenvalue weighted by atomic mass is 10.2. The van der Waals surface area contributed by atoms with E-state index in [-0.39, 0.29) is 36.6 Å². The Kier molecular flexibility index (Phi) is 4.99. The molecule has 0 aromatic rings. The van der Waals surface area contributed by atoms with Crippen LogP contribution in [0, 0.1) is 0 Å². The SMILES string of the molecule is CC(N)=[N+]1CCCC1CO.[I-]. The Balaban J connectivity index is 0.000001000. The normalized spacial score (nSPS) is 28.0. The molecule has 0 radical (unpaired) electrons. The monoisotopic (exact) mass is 270 g/mol. The van der Waals surface area contributed by atoms with E-state index in [0.29, 0.717) is 0 Å². The van der Waals surface area contributed by atoms with Gasteiger partial charge < -0.3 is 29.1 Å². The van der Waals surface area contributed by atoms with E-state index in [1.54, 1.807) is 0 Å². The molecule has 66 valence electrons. The summed E-state index contributed by atoms with van der Waals surface area (Å²) in [6.45, 7) is 3.12. The zero-order valence-electron chi connectivity index (χ0n) is 6.76. The van der Waals surface area contributed by atoms with Crippen LogP contribution < -0.4 is 29.7 Å². The summed E-state index contributed by atoms with van der Waals surface area (Å²) in [7, 11) is 0. The maximum atomic E-state index is 8.87. The minimum atomic E-state index is 0. The minimum absolute atomic E-state index is 0. The van der Waals surface area contributed by atoms with Crippen LogP contribution in [0.2, 0.25) is 0 Å². The van der Waals surface area contributed by atoms with Crippen LogP contribution in [0.3, 0.4) is 0 Å². The van der Waals surface area contributed by atoms with Gasteiger partial charge in [-0.05, 0) is 12.8 Å². The molecule has 1 rings (SSSR count). The summed E-state index contributed by atoms with van der Waals surface area (Å²) in [6, 6.07) is 0.282. The molecule has 3 N–H and O–H groups in total. The fourth-order valence-corrected chi connectivity index (χ4v) is 1.49. The molecule has 11 heavy (non-hydrogen) atoms. The van der Waals surface area contributed by atoms with Crippen molar-refractivity contribution in [2.75, 3.05) is 13.2 Å². The first-order valence-electron chi connectivity index (χ1n) is 3.72. The van der Waals surface area contributed by atoms with Gasteiger partial charge in [-0.2, -0.15) is 0 Å². The lowest BCUT2D eigenvalue weighted by molar-refractivity contribution is -0.548. The molecular weight excluding hydrogens is 255 g/mol. The summed E-state index contributed by atoms with van der Waals surface area (Å²) < 4.78 is 2.07. The first-order chi connectivity index (χ1) is 4.75. The lowest BCUT2D eigenvalue weighted by Crippen LogP contribution is -3.00. The summed E-state index contributed by atoms with van der Waals surface area (Å²) in [6.07, 6.45) is 2.23. The van der Waals surface area contributed by atoms with E-state index < -0.39 is 0 Å². The molecule has 1 atom stereocenters. The van der Waals surface area contributed by atoms with Gasteiger partial charge in [0, 0.05) is 6.92 Å². The fraction of sp³-hybridized carbons (Fsp3) is 0.857. The number of aliphatic hydroxyl groups is 1. The lowest BCUT2D eigenvalue weighted by Gasteiger charge is -2.07. The first kappa shape index (κ1) is 11.2. The molecule has 0 amide bonds. The maximum absolute atomic E-state index is 8.87. The largest absolute Gasteiger partial charge is 1.00 e. The first-order valence-corrected chi connectivity index (χ1v) is 3.72. The predicted molar refractivity (Wildman–Crippen MR) is 40.1 cm³/mol. The number of nitrogens with zero attached hydrogens (tertiary/aromatic N) is 1. The van der Waals surface area contributed by atoms with Crippen molar-refractivity contribution < 1.29 is 33.7 Å². The number of hydrogen-bond acceptors (Lipinski definition) is 1. The van der Waals surface area contributed by atoms with E-state index in [4.69, 9.17) is 10.8 Å². The Hall–Kier alpha value is 0.160. The second-order valence-corrected chi connectivity index (χ2v) is 2.81. The number of rotatable bonds is 1. The third-order valence-corrected chi connectivity index (χ3v) is 2.04. The molecule has 4 heteroatoms. The Morgan fingerprint density at radius 3 is 2.73 bits per heavy atom. The maximum Gasteiger partial charge on any atom is 0.239 e. The van der Waals surface area contributed by atoms with Gasteiger partial charge in [0.15, 0.2) is 0 Å². The quantitative estimate of drug-likeness (QED) is 0.295. The predicted octanol–water partition coefficient (Wildman–Crippen LogP) is -3.47. The van der Waals surface area contributed by atoms with Crippen molar-refractivity contribution in [1.82, 2.24) is 0 Å². The molecule has 1 aliphatic heterocycles. The highest BCUT2D eigenvalue weighted by Crippen LogP contribution is 2.10. The second-order valence-electron chi connectivity index (χ2n) is 2.81. The third-order valence-electron chi connectivity index (χ3n) is 2.04. The van der Waals surface area contributed by atoms with Crippen LogP contribution in [0.4, 0.5) is 0 Å². The van der Waals surface area contributed by atoms with E-state index in [1.165, 1.54) is 0 Å². The molecule has 0 spiro atoms. The summed E-state index contributed by atoms with van der Waals surface area (Å²) in [5, 5.41) is 8.87. The van der Waals surface area contributed by atoms with Gasteiger partial charge in [-0.3, -0.25) is 10.3 Å². The van der Waals surface area contributed by atoms with Crippen LogP contribution in [0.1, 0.15) is 19.8 Å². The van der Waals surface area contributed by atoms with Gasteiger partial charge in [-0.15, -0.1) is 0 Å². The molecule has 0 saturated carbocycles. The minimum Gasteiger partial charge on any atom is -1.00 e. The van der Waals surface area contributed by atoms with Crippen LogP contribution >= 0.6 is 0 Å². The van der Waals surface area contributed by atoms with Gasteiger partial charge in [0.05, 0.1) is 13.2 Å². The van der Waals surface area contributed by atoms with Crippen molar-refractivity contribution in [1.29, 1.82) is 0 Å². The highest BCUT2D eigenvalue weighted by molar-refractivity contribution is 5.72. The smallest absolute Gasteiger partial charge is 0.239 e. The highest BCUT2D eigenvalue weighted by atomic mass is 127. The zero-order chi connectivity index (χ0) is 7.56. The summed E-state index contributed by atoms with van der Waals surface area (Å²) >= 11 is 0. The summed E-state index contributed by atoms with van der Waals surface area (Å²) in [5.41, 5.74) is 5.60. The van der Waals surface area contributed by atoms with Crippen molar-refractivity contribution in [3.63, 3.8) is 0 Å². The van der Waals surface area contributed by atoms with Gasteiger partial charge in [0.2, 0.25) is 5.84 Å². The Morgan fingerprint density at radius 1 is 1.73 bits per heavy atom. The Bertz CT molecular complexity index is 155. The van der Waals surface area contributed by atoms with Gasteiger partial charge in [0.1, 0.15) is 6.04 Å². The van der Waals surface area contributed by atoms with Gasteiger partial charge in [-0.1, -0.05) is 0 Å². The summed E-state index contributed by atoms with van der Waals surface area (Å²) in [5.74, 6) is 0.830. The molecule has 1 unspecified atom stereocenters. The van der Waals surface area contributed by atoms with Crippen molar-refractivity contribution in [3.8, 4) is 0 Å². The summed E-state index contributed by atoms with van der Waals surface area (Å²) in [4.78, 5) is 0. The standard InChI is InChI=1S/C7H14N2O.HI/c1-6(8)9-4-2-3-7(9)5-10;/h7-8,10H,2-5H2,1H3;1H. The molecule has 0 aromatic heterocycles. The molecular formula is C7H15IN2O. The average Bonchev–Trinajstić information content (AvgIpc) is 2.33. The molecule has 0 aliphatic carbocycles. The molecule has 0 bridgehead atoms. The average molecular weight is 270 g/mol. The van der Waals surface area contributed by atoms with Crippen LogP contribution in [-0.4, -0.2) is 34.7 Å². The van der Waals surface area contributed by atoms with Crippen LogP contribution in [-0.2, 0) is 0 Å². The molecule has 1 saturated heterocycles. The van der Waals surface area contributed by atoms with Crippen molar-refractivity contribution >= 4 is 5.84 Å². The number of aliphatic hydroxyl groups excluding tert-OH is 1. The molecule has 1 aliphatic rings. The van der Waals surface area contributed by atoms with E-state index >= 15 is 0 Å². The molecule has 3 nitrogen and oxygen atoms in total. The number of nitrogens with two attached hydrogens (primary N) is 1. The van der Waals surface area contributed by atoms with Crippen LogP contribution in [0.25, 0.3) is 0 Å². The number of amidine groups is 1. The topological polar surface area (TPSA) is 49.3 Å². The number of halogens is 1. The van der Waals surface area contributed by atoms with E-state index in [9.17, 15) is 0 Å². The molecule has 1 fully saturated rings. The van der Waals surface area contributed by atoms with E-state index in [2.05, 4.69) is 4.58 Å². The zero-order valence-corrected chi connectivity index (χ0v) is 8.91. The van der Waals surface area contributed by atoms with Crippen molar-refractivity contribution in [2.24, 2.45) is 5.73 Å². The highest BCUT2D eigenvalue weighted by Gasteiger charge is 2.23. The van der Waals surface area contributed by atoms with E-state index in [0.717, 1.165) is 25.2 Å². The number of hydrogen-bond donors (Lipinski definition) is 2. The van der Waals surface area contributed by atoms with Gasteiger partial charge >= 0.3 is 0 Å². The van der Waals surface area contributed by atoms with E-state index in [1.807, 2.05) is 6.92 Å².